The average Bonchev–Trinajstić information content (AvgIpc) is 3.51. The number of hydrogen-bond acceptors (Lipinski definition) is 5. The number of rotatable bonds is 2. The van der Waals surface area contributed by atoms with Crippen molar-refractivity contribution in [1.82, 2.24) is 24.8 Å². The van der Waals surface area contributed by atoms with Crippen LogP contribution in [0.4, 0.5) is 4.79 Å². The number of para-hydroxylation sites is 2. The zero-order valence-electron chi connectivity index (χ0n) is 19.3. The first-order valence-corrected chi connectivity index (χ1v) is 11.4. The van der Waals surface area contributed by atoms with E-state index in [2.05, 4.69) is 15.0 Å². The molecule has 2 aliphatic heterocycles. The molecule has 1 N–H and O–H groups in total. The maximum atomic E-state index is 13.3. The molecular formula is C25H29N5O3. The number of fused-ring (bicyclic) bond motifs is 1. The molecule has 1 aromatic carbocycles. The van der Waals surface area contributed by atoms with E-state index in [4.69, 9.17) is 4.74 Å². The van der Waals surface area contributed by atoms with Crippen molar-refractivity contribution in [2.45, 2.75) is 39.2 Å². The summed E-state index contributed by atoms with van der Waals surface area (Å²) in [6.07, 6.45) is 1.48. The molecule has 2 aromatic heterocycles. The number of carbonyl (C=O) groups excluding carboxylic acids is 2. The van der Waals surface area contributed by atoms with E-state index in [0.717, 1.165) is 23.9 Å². The van der Waals surface area contributed by atoms with Gasteiger partial charge >= 0.3 is 6.09 Å². The minimum Gasteiger partial charge on any atom is -0.444 e. The van der Waals surface area contributed by atoms with Crippen LogP contribution in [-0.2, 0) is 4.74 Å². The van der Waals surface area contributed by atoms with Crippen molar-refractivity contribution in [3.8, 4) is 11.5 Å². The molecule has 0 aliphatic carbocycles. The summed E-state index contributed by atoms with van der Waals surface area (Å²) in [5.74, 6) is 0.563. The second kappa shape index (κ2) is 7.86. The van der Waals surface area contributed by atoms with Gasteiger partial charge in [-0.05, 0) is 57.9 Å². The fourth-order valence-electron chi connectivity index (χ4n) is 4.78. The molecule has 5 rings (SSSR count). The van der Waals surface area contributed by atoms with Gasteiger partial charge in [-0.1, -0.05) is 18.2 Å². The number of nitrogens with zero attached hydrogens (tertiary/aromatic N) is 4. The predicted molar refractivity (Wildman–Crippen MR) is 125 cm³/mol. The Morgan fingerprint density at radius 1 is 0.970 bits per heavy atom. The molecule has 8 heteroatoms. The molecule has 1 unspecified atom stereocenters. The Balaban J connectivity index is 1.28. The third-order valence-electron chi connectivity index (χ3n) is 6.42. The van der Waals surface area contributed by atoms with Gasteiger partial charge in [0.1, 0.15) is 17.0 Å². The lowest BCUT2D eigenvalue weighted by Crippen LogP contribution is -2.38. The van der Waals surface area contributed by atoms with Crippen LogP contribution in [0, 0.1) is 5.41 Å². The smallest absolute Gasteiger partial charge is 0.410 e. The first kappa shape index (κ1) is 21.4. The highest BCUT2D eigenvalue weighted by molar-refractivity contribution is 5.93. The summed E-state index contributed by atoms with van der Waals surface area (Å²) in [5, 5.41) is 0. The normalized spacial score (nSPS) is 20.7. The van der Waals surface area contributed by atoms with Crippen molar-refractivity contribution in [3.05, 3.63) is 48.2 Å². The number of hydrogen-bond donors (Lipinski definition) is 1. The fraction of sp³-hybridized carbons (Fsp3) is 0.440. The predicted octanol–water partition coefficient (Wildman–Crippen LogP) is 4.10. The number of likely N-dealkylation sites (tertiary alicyclic amines) is 2. The molecule has 33 heavy (non-hydrogen) atoms. The van der Waals surface area contributed by atoms with Gasteiger partial charge in [-0.3, -0.25) is 4.79 Å². The van der Waals surface area contributed by atoms with Crippen LogP contribution in [0.3, 0.4) is 0 Å². The number of aromatic amines is 1. The topological polar surface area (TPSA) is 91.4 Å². The lowest BCUT2D eigenvalue weighted by molar-refractivity contribution is 0.0274. The van der Waals surface area contributed by atoms with Crippen LogP contribution in [0.25, 0.3) is 22.6 Å². The molecule has 3 aromatic rings. The Labute approximate surface area is 193 Å². The average molecular weight is 448 g/mol. The van der Waals surface area contributed by atoms with Gasteiger partial charge < -0.3 is 19.5 Å². The zero-order chi connectivity index (χ0) is 23.2. The van der Waals surface area contributed by atoms with E-state index in [9.17, 15) is 9.59 Å². The van der Waals surface area contributed by atoms with Crippen LogP contribution in [0.2, 0.25) is 0 Å². The first-order valence-electron chi connectivity index (χ1n) is 11.4. The molecule has 2 amide bonds. The minimum atomic E-state index is -0.513. The van der Waals surface area contributed by atoms with Gasteiger partial charge in [0.05, 0.1) is 11.0 Å². The summed E-state index contributed by atoms with van der Waals surface area (Å²) < 4.78 is 5.53. The van der Waals surface area contributed by atoms with Gasteiger partial charge in [-0.2, -0.15) is 0 Å². The summed E-state index contributed by atoms with van der Waals surface area (Å²) >= 11 is 0. The van der Waals surface area contributed by atoms with Crippen LogP contribution >= 0.6 is 0 Å². The van der Waals surface area contributed by atoms with E-state index in [1.54, 1.807) is 11.0 Å². The summed E-state index contributed by atoms with van der Waals surface area (Å²) in [6, 6.07) is 13.2. The maximum absolute atomic E-state index is 13.3. The van der Waals surface area contributed by atoms with Crippen molar-refractivity contribution in [2.75, 3.05) is 26.2 Å². The van der Waals surface area contributed by atoms with Gasteiger partial charge in [0.25, 0.3) is 5.91 Å². The molecule has 2 saturated heterocycles. The van der Waals surface area contributed by atoms with Crippen LogP contribution in [0.5, 0.6) is 0 Å². The van der Waals surface area contributed by atoms with E-state index < -0.39 is 5.60 Å². The van der Waals surface area contributed by atoms with Gasteiger partial charge in [-0.25, -0.2) is 14.8 Å². The third-order valence-corrected chi connectivity index (χ3v) is 6.42. The molecule has 0 radical (unpaired) electrons. The molecular weight excluding hydrogens is 418 g/mol. The molecule has 4 heterocycles. The maximum Gasteiger partial charge on any atom is 0.410 e. The number of carbonyl (C=O) groups is 2. The number of ether oxygens (including phenoxy) is 1. The largest absolute Gasteiger partial charge is 0.444 e. The highest BCUT2D eigenvalue weighted by atomic mass is 16.6. The third kappa shape index (κ3) is 4.29. The summed E-state index contributed by atoms with van der Waals surface area (Å²) in [7, 11) is 0. The van der Waals surface area contributed by atoms with Crippen LogP contribution in [-0.4, -0.2) is 68.5 Å². The molecule has 1 spiro atoms. The fourth-order valence-corrected chi connectivity index (χ4v) is 4.78. The van der Waals surface area contributed by atoms with Gasteiger partial charge in [0.15, 0.2) is 5.82 Å². The van der Waals surface area contributed by atoms with E-state index in [-0.39, 0.29) is 17.4 Å². The second-order valence-electron chi connectivity index (χ2n) is 10.1. The van der Waals surface area contributed by atoms with E-state index in [0.29, 0.717) is 43.4 Å². The number of imidazole rings is 1. The lowest BCUT2D eigenvalue weighted by Gasteiger charge is -2.27. The van der Waals surface area contributed by atoms with Gasteiger partial charge in [0, 0.05) is 31.6 Å². The Morgan fingerprint density at radius 3 is 2.45 bits per heavy atom. The summed E-state index contributed by atoms with van der Waals surface area (Å²) in [5.41, 5.74) is 2.27. The minimum absolute atomic E-state index is 0.0666. The molecule has 1 atom stereocenters. The van der Waals surface area contributed by atoms with Crippen LogP contribution < -0.4 is 0 Å². The van der Waals surface area contributed by atoms with Crippen molar-refractivity contribution >= 4 is 23.0 Å². The molecule has 8 nitrogen and oxygen atoms in total. The number of aromatic nitrogens is 3. The molecule has 0 bridgehead atoms. The van der Waals surface area contributed by atoms with Crippen LogP contribution in [0.1, 0.15) is 44.1 Å². The highest BCUT2D eigenvalue weighted by Gasteiger charge is 2.46. The van der Waals surface area contributed by atoms with Crippen molar-refractivity contribution in [1.29, 1.82) is 0 Å². The van der Waals surface area contributed by atoms with E-state index >= 15 is 0 Å². The Bertz CT molecular complexity index is 1180. The Morgan fingerprint density at radius 2 is 1.70 bits per heavy atom. The molecule has 0 saturated carbocycles. The SMILES string of the molecule is CC(C)(C)OC(=O)N1CCC2(CCN(C(=O)c3cccc(-c4nc5ccccc5[nH]4)n3)C2)C1. The van der Waals surface area contributed by atoms with Gasteiger partial charge in [-0.15, -0.1) is 0 Å². The molecule has 2 aliphatic rings. The first-order chi connectivity index (χ1) is 15.7. The van der Waals surface area contributed by atoms with Crippen molar-refractivity contribution in [3.63, 3.8) is 0 Å². The standard InChI is InChI=1S/C25H29N5O3/c1-24(2,3)33-23(32)30-14-12-25(16-30)11-13-29(15-25)22(31)20-10-6-9-19(26-20)21-27-17-7-4-5-8-18(17)28-21/h4-10H,11-16H2,1-3H3,(H,27,28). The number of amides is 2. The number of benzene rings is 1. The number of nitrogens with one attached hydrogen (secondary N) is 1. The highest BCUT2D eigenvalue weighted by Crippen LogP contribution is 2.40. The second-order valence-corrected chi connectivity index (χ2v) is 10.1. The Hall–Kier alpha value is -3.42. The number of H-pyrrole nitrogens is 1. The molecule has 172 valence electrons. The summed E-state index contributed by atoms with van der Waals surface area (Å²) in [4.78, 5) is 41.9. The monoisotopic (exact) mass is 447 g/mol. The van der Waals surface area contributed by atoms with Crippen molar-refractivity contribution < 1.29 is 14.3 Å². The van der Waals surface area contributed by atoms with Gasteiger partial charge in [0.2, 0.25) is 0 Å². The molecule has 2 fully saturated rings. The summed E-state index contributed by atoms with van der Waals surface area (Å²) in [6.45, 7) is 8.20. The Kier molecular flexibility index (Phi) is 5.11. The van der Waals surface area contributed by atoms with Crippen molar-refractivity contribution in [2.24, 2.45) is 5.41 Å². The lowest BCUT2D eigenvalue weighted by atomic mass is 9.86. The van der Waals surface area contributed by atoms with Crippen LogP contribution in [0.15, 0.2) is 42.5 Å². The van der Waals surface area contributed by atoms with E-state index in [1.807, 2.05) is 62.1 Å². The quantitative estimate of drug-likeness (QED) is 0.639. The zero-order valence-corrected chi connectivity index (χ0v) is 19.3. The number of pyridine rings is 1. The van der Waals surface area contributed by atoms with E-state index in [1.165, 1.54) is 0 Å².